The molecule has 0 radical (unpaired) electrons. The van der Waals surface area contributed by atoms with Crippen molar-refractivity contribution in [2.75, 3.05) is 25.0 Å². The van der Waals surface area contributed by atoms with Gasteiger partial charge in [0.25, 0.3) is 5.56 Å². The molecule has 10 heteroatoms. The summed E-state index contributed by atoms with van der Waals surface area (Å²) >= 11 is 0. The van der Waals surface area contributed by atoms with Gasteiger partial charge in [0.2, 0.25) is 5.95 Å². The molecule has 34 heavy (non-hydrogen) atoms. The van der Waals surface area contributed by atoms with Crippen molar-refractivity contribution in [2.45, 2.75) is 20.0 Å². The number of benzene rings is 1. The van der Waals surface area contributed by atoms with E-state index in [4.69, 9.17) is 5.73 Å². The Balaban J connectivity index is 1.91. The van der Waals surface area contributed by atoms with Crippen LogP contribution in [0.5, 0.6) is 0 Å². The summed E-state index contributed by atoms with van der Waals surface area (Å²) in [6.45, 7) is 2.88. The van der Waals surface area contributed by atoms with Crippen molar-refractivity contribution in [3.05, 3.63) is 62.4 Å². The van der Waals surface area contributed by atoms with Crippen LogP contribution >= 0.6 is 0 Å². The van der Waals surface area contributed by atoms with E-state index in [1.165, 1.54) is 4.57 Å². The molecule has 0 saturated carbocycles. The van der Waals surface area contributed by atoms with Crippen LogP contribution in [0.15, 0.2) is 39.9 Å². The Labute approximate surface area is 195 Å². The number of aromatic nitrogens is 5. The van der Waals surface area contributed by atoms with Crippen LogP contribution in [0.2, 0.25) is 0 Å². The highest BCUT2D eigenvalue weighted by Gasteiger charge is 2.22. The maximum atomic E-state index is 13.6. The number of nitriles is 1. The predicted octanol–water partition coefficient (Wildman–Crippen LogP) is 0.783. The van der Waals surface area contributed by atoms with Crippen molar-refractivity contribution in [1.29, 1.82) is 5.26 Å². The molecule has 10 nitrogen and oxygen atoms in total. The van der Waals surface area contributed by atoms with E-state index in [0.29, 0.717) is 41.2 Å². The summed E-state index contributed by atoms with van der Waals surface area (Å²) < 4.78 is 4.23. The zero-order valence-electron chi connectivity index (χ0n) is 19.2. The summed E-state index contributed by atoms with van der Waals surface area (Å²) in [5, 5.41) is 10.0. The molecule has 0 atom stereocenters. The SMILES string of the molecule is CC#CCn1c(N(C)CCN)nc2c1c(=O)n(Cc1ccc3c(C#N)cccc3n1)c(=O)n2C. The Morgan fingerprint density at radius 3 is 2.65 bits per heavy atom. The number of rotatable bonds is 6. The summed E-state index contributed by atoms with van der Waals surface area (Å²) in [5.74, 6) is 6.34. The third kappa shape index (κ3) is 3.81. The number of pyridine rings is 1. The van der Waals surface area contributed by atoms with Gasteiger partial charge in [-0.15, -0.1) is 5.92 Å². The zero-order valence-corrected chi connectivity index (χ0v) is 19.2. The van der Waals surface area contributed by atoms with Crippen LogP contribution in [0.4, 0.5) is 5.95 Å². The molecule has 4 rings (SSSR count). The average molecular weight is 457 g/mol. The van der Waals surface area contributed by atoms with Gasteiger partial charge in [-0.2, -0.15) is 10.2 Å². The first kappa shape index (κ1) is 22.8. The van der Waals surface area contributed by atoms with E-state index in [1.807, 2.05) is 11.9 Å². The number of hydrogen-bond acceptors (Lipinski definition) is 7. The third-order valence-corrected chi connectivity index (χ3v) is 5.66. The molecule has 0 amide bonds. The lowest BCUT2D eigenvalue weighted by Gasteiger charge is -2.17. The van der Waals surface area contributed by atoms with E-state index < -0.39 is 11.2 Å². The monoisotopic (exact) mass is 456 g/mol. The van der Waals surface area contributed by atoms with Gasteiger partial charge in [0.1, 0.15) is 0 Å². The number of likely N-dealkylation sites (N-methyl/N-ethyl adjacent to an activating group) is 1. The van der Waals surface area contributed by atoms with Gasteiger partial charge in [0.15, 0.2) is 11.2 Å². The molecular formula is C24H24N8O2. The normalized spacial score (nSPS) is 10.8. The van der Waals surface area contributed by atoms with E-state index >= 15 is 0 Å². The van der Waals surface area contributed by atoms with Crippen LogP contribution in [0.1, 0.15) is 18.2 Å². The Morgan fingerprint density at radius 2 is 1.94 bits per heavy atom. The van der Waals surface area contributed by atoms with Crippen LogP contribution in [0, 0.1) is 23.2 Å². The lowest BCUT2D eigenvalue weighted by Crippen LogP contribution is -2.40. The summed E-state index contributed by atoms with van der Waals surface area (Å²) in [7, 11) is 3.41. The maximum absolute atomic E-state index is 13.6. The highest BCUT2D eigenvalue weighted by molar-refractivity contribution is 5.84. The number of anilines is 1. The minimum absolute atomic E-state index is 0.0211. The summed E-state index contributed by atoms with van der Waals surface area (Å²) in [4.78, 5) is 37.7. The number of fused-ring (bicyclic) bond motifs is 2. The fraction of sp³-hybridized carbons (Fsp3) is 0.292. The Morgan fingerprint density at radius 1 is 1.15 bits per heavy atom. The molecule has 1 aromatic carbocycles. The molecule has 0 aliphatic carbocycles. The molecule has 0 aliphatic rings. The lowest BCUT2D eigenvalue weighted by atomic mass is 10.1. The summed E-state index contributed by atoms with van der Waals surface area (Å²) in [5.41, 5.74) is 6.98. The molecule has 3 heterocycles. The zero-order chi connectivity index (χ0) is 24.4. The predicted molar refractivity (Wildman–Crippen MR) is 131 cm³/mol. The maximum Gasteiger partial charge on any atom is 0.332 e. The van der Waals surface area contributed by atoms with Gasteiger partial charge in [-0.25, -0.2) is 4.79 Å². The Hall–Kier alpha value is -4.41. The van der Waals surface area contributed by atoms with E-state index in [-0.39, 0.29) is 24.3 Å². The van der Waals surface area contributed by atoms with Gasteiger partial charge < -0.3 is 10.6 Å². The lowest BCUT2D eigenvalue weighted by molar-refractivity contribution is 0.646. The molecule has 172 valence electrons. The minimum atomic E-state index is -0.496. The first-order chi connectivity index (χ1) is 16.4. The number of imidazole rings is 1. The largest absolute Gasteiger partial charge is 0.344 e. The van der Waals surface area contributed by atoms with Crippen LogP contribution < -0.4 is 21.9 Å². The molecule has 4 aromatic rings. The molecule has 3 aromatic heterocycles. The molecule has 0 saturated heterocycles. The van der Waals surface area contributed by atoms with Gasteiger partial charge in [0.05, 0.1) is 35.9 Å². The van der Waals surface area contributed by atoms with Crippen LogP contribution in [0.25, 0.3) is 22.1 Å². The van der Waals surface area contributed by atoms with Crippen molar-refractivity contribution in [2.24, 2.45) is 12.8 Å². The van der Waals surface area contributed by atoms with Crippen molar-refractivity contribution >= 4 is 28.0 Å². The van der Waals surface area contributed by atoms with Crippen molar-refractivity contribution < 1.29 is 0 Å². The van der Waals surface area contributed by atoms with Crippen LogP contribution in [-0.2, 0) is 20.1 Å². The van der Waals surface area contributed by atoms with Gasteiger partial charge in [-0.1, -0.05) is 12.0 Å². The molecule has 0 bridgehead atoms. The molecule has 0 aliphatic heterocycles. The Kier molecular flexibility index (Phi) is 6.17. The van der Waals surface area contributed by atoms with E-state index in [2.05, 4.69) is 27.9 Å². The third-order valence-electron chi connectivity index (χ3n) is 5.66. The van der Waals surface area contributed by atoms with E-state index in [0.717, 1.165) is 4.57 Å². The van der Waals surface area contributed by atoms with Crippen LogP contribution in [0.3, 0.4) is 0 Å². The second-order valence-electron chi connectivity index (χ2n) is 7.83. The van der Waals surface area contributed by atoms with Crippen molar-refractivity contribution in [1.82, 2.24) is 23.7 Å². The average Bonchev–Trinajstić information content (AvgIpc) is 3.23. The fourth-order valence-electron chi connectivity index (χ4n) is 3.94. The fourth-order valence-corrected chi connectivity index (χ4v) is 3.94. The quantitative estimate of drug-likeness (QED) is 0.425. The molecule has 2 N–H and O–H groups in total. The smallest absolute Gasteiger partial charge is 0.332 e. The first-order valence-corrected chi connectivity index (χ1v) is 10.7. The van der Waals surface area contributed by atoms with Gasteiger partial charge in [-0.3, -0.25) is 23.5 Å². The van der Waals surface area contributed by atoms with Crippen molar-refractivity contribution in [3.8, 4) is 17.9 Å². The highest BCUT2D eigenvalue weighted by Crippen LogP contribution is 2.19. The molecule has 0 spiro atoms. The molecule has 0 unspecified atom stereocenters. The Bertz CT molecular complexity index is 1630. The van der Waals surface area contributed by atoms with Gasteiger partial charge >= 0.3 is 5.69 Å². The number of hydrogen-bond donors (Lipinski definition) is 1. The van der Waals surface area contributed by atoms with Gasteiger partial charge in [-0.05, 0) is 31.2 Å². The standard InChI is InChI=1S/C24H24N8O2/c1-4-5-12-31-20-21(28-23(31)29(2)13-11-25)30(3)24(34)32(22(20)33)15-17-9-10-18-16(14-26)7-6-8-19(18)27-17/h6-10H,11-13,15,25H2,1-3H3. The minimum Gasteiger partial charge on any atom is -0.344 e. The second kappa shape index (κ2) is 9.22. The summed E-state index contributed by atoms with van der Waals surface area (Å²) in [6, 6.07) is 10.9. The highest BCUT2D eigenvalue weighted by atomic mass is 16.2. The van der Waals surface area contributed by atoms with Gasteiger partial charge in [0, 0.05) is 32.6 Å². The topological polar surface area (TPSA) is 128 Å². The summed E-state index contributed by atoms with van der Waals surface area (Å²) in [6.07, 6.45) is 0. The number of nitrogens with two attached hydrogens (primary N) is 1. The first-order valence-electron chi connectivity index (χ1n) is 10.7. The number of nitrogens with zero attached hydrogens (tertiary/aromatic N) is 7. The van der Waals surface area contributed by atoms with E-state index in [1.54, 1.807) is 48.9 Å². The van der Waals surface area contributed by atoms with Crippen LogP contribution in [-0.4, -0.2) is 43.8 Å². The van der Waals surface area contributed by atoms with E-state index in [9.17, 15) is 14.9 Å². The second-order valence-corrected chi connectivity index (χ2v) is 7.83. The number of aryl methyl sites for hydroxylation is 1. The molecule has 0 fully saturated rings. The molecular weight excluding hydrogens is 432 g/mol. The van der Waals surface area contributed by atoms with Crippen molar-refractivity contribution in [3.63, 3.8) is 0 Å².